The van der Waals surface area contributed by atoms with Crippen LogP contribution in [0, 0.1) is 0 Å². The third-order valence-corrected chi connectivity index (χ3v) is 4.48. The van der Waals surface area contributed by atoms with Crippen molar-refractivity contribution in [3.05, 3.63) is 52.5 Å². The van der Waals surface area contributed by atoms with E-state index < -0.39 is 0 Å². The van der Waals surface area contributed by atoms with Crippen molar-refractivity contribution in [3.63, 3.8) is 0 Å². The lowest BCUT2D eigenvalue weighted by atomic mass is 10.2. The predicted molar refractivity (Wildman–Crippen MR) is 103 cm³/mol. The van der Waals surface area contributed by atoms with Gasteiger partial charge in [-0.25, -0.2) is 5.43 Å². The summed E-state index contributed by atoms with van der Waals surface area (Å²) in [4.78, 5) is 14.5. The average Bonchev–Trinajstić information content (AvgIpc) is 3.19. The third kappa shape index (κ3) is 4.08. The molecule has 1 amide bonds. The van der Waals surface area contributed by atoms with Gasteiger partial charge < -0.3 is 14.7 Å². The van der Waals surface area contributed by atoms with Crippen molar-refractivity contribution in [3.8, 4) is 11.5 Å². The first-order valence-electron chi connectivity index (χ1n) is 8.33. The van der Waals surface area contributed by atoms with E-state index in [0.29, 0.717) is 16.1 Å². The second-order valence-electron chi connectivity index (χ2n) is 5.99. The molecule has 1 aliphatic rings. The normalized spacial score (nSPS) is 14.0. The number of benzene rings is 2. The number of halogens is 1. The SMILES string of the molecule is COc1cc(Cl)cc(/C=N/NC(=O)c2ccc(N3CCCC3)cc2)c1O. The van der Waals surface area contributed by atoms with Gasteiger partial charge in [0.05, 0.1) is 13.3 Å². The molecule has 2 aromatic rings. The monoisotopic (exact) mass is 373 g/mol. The fourth-order valence-corrected chi connectivity index (χ4v) is 3.09. The van der Waals surface area contributed by atoms with Crippen LogP contribution in [-0.4, -0.2) is 37.4 Å². The molecule has 0 aromatic heterocycles. The minimum absolute atomic E-state index is 0.0927. The van der Waals surface area contributed by atoms with E-state index in [2.05, 4.69) is 15.4 Å². The summed E-state index contributed by atoms with van der Waals surface area (Å²) in [5, 5.41) is 14.3. The van der Waals surface area contributed by atoms with E-state index in [-0.39, 0.29) is 17.4 Å². The number of ether oxygens (including phenoxy) is 1. The highest BCUT2D eigenvalue weighted by atomic mass is 35.5. The molecule has 0 aliphatic carbocycles. The smallest absolute Gasteiger partial charge is 0.271 e. The molecule has 1 fully saturated rings. The Kier molecular flexibility index (Phi) is 5.63. The van der Waals surface area contributed by atoms with Crippen LogP contribution in [0.5, 0.6) is 11.5 Å². The second-order valence-corrected chi connectivity index (χ2v) is 6.42. The summed E-state index contributed by atoms with van der Waals surface area (Å²) in [6.07, 6.45) is 3.73. The molecule has 1 saturated heterocycles. The Balaban J connectivity index is 1.65. The molecule has 26 heavy (non-hydrogen) atoms. The average molecular weight is 374 g/mol. The number of nitrogens with zero attached hydrogens (tertiary/aromatic N) is 2. The molecule has 2 N–H and O–H groups in total. The first-order valence-corrected chi connectivity index (χ1v) is 8.71. The molecule has 3 rings (SSSR count). The number of hydrazone groups is 1. The van der Waals surface area contributed by atoms with Crippen LogP contribution < -0.4 is 15.1 Å². The van der Waals surface area contributed by atoms with Gasteiger partial charge in [-0.05, 0) is 43.2 Å². The Hall–Kier alpha value is -2.73. The second kappa shape index (κ2) is 8.10. The predicted octanol–water partition coefficient (Wildman–Crippen LogP) is 3.42. The van der Waals surface area contributed by atoms with Gasteiger partial charge in [0.2, 0.25) is 0 Å². The van der Waals surface area contributed by atoms with Crippen LogP contribution in [0.1, 0.15) is 28.8 Å². The van der Waals surface area contributed by atoms with E-state index in [1.165, 1.54) is 38.3 Å². The summed E-state index contributed by atoms with van der Waals surface area (Å²) in [5.41, 5.74) is 4.42. The Morgan fingerprint density at radius 2 is 1.96 bits per heavy atom. The van der Waals surface area contributed by atoms with Crippen molar-refractivity contribution in [1.82, 2.24) is 5.43 Å². The van der Waals surface area contributed by atoms with Gasteiger partial charge >= 0.3 is 0 Å². The number of amides is 1. The van der Waals surface area contributed by atoms with Gasteiger partial charge in [-0.3, -0.25) is 4.79 Å². The van der Waals surface area contributed by atoms with Crippen LogP contribution in [0.2, 0.25) is 5.02 Å². The summed E-state index contributed by atoms with van der Waals surface area (Å²) in [6.45, 7) is 2.12. The molecule has 0 saturated carbocycles. The lowest BCUT2D eigenvalue weighted by Gasteiger charge is -2.17. The Morgan fingerprint density at radius 1 is 1.27 bits per heavy atom. The summed E-state index contributed by atoms with van der Waals surface area (Å²) in [7, 11) is 1.43. The van der Waals surface area contributed by atoms with Crippen molar-refractivity contribution in [2.45, 2.75) is 12.8 Å². The molecular formula is C19H20ClN3O3. The highest BCUT2D eigenvalue weighted by molar-refractivity contribution is 6.31. The number of methoxy groups -OCH3 is 1. The van der Waals surface area contributed by atoms with Gasteiger partial charge in [-0.1, -0.05) is 11.6 Å². The molecule has 0 radical (unpaired) electrons. The van der Waals surface area contributed by atoms with Crippen molar-refractivity contribution in [2.24, 2.45) is 5.10 Å². The van der Waals surface area contributed by atoms with Crippen molar-refractivity contribution in [1.29, 1.82) is 0 Å². The molecule has 136 valence electrons. The molecule has 1 heterocycles. The highest BCUT2D eigenvalue weighted by Gasteiger charge is 2.13. The Morgan fingerprint density at radius 3 is 2.62 bits per heavy atom. The van der Waals surface area contributed by atoms with E-state index in [1.54, 1.807) is 12.1 Å². The number of hydrogen-bond donors (Lipinski definition) is 2. The number of rotatable bonds is 5. The fraction of sp³-hybridized carbons (Fsp3) is 0.263. The number of carbonyl (C=O) groups excluding carboxylic acids is 1. The van der Waals surface area contributed by atoms with Crippen LogP contribution >= 0.6 is 11.6 Å². The van der Waals surface area contributed by atoms with Crippen molar-refractivity contribution < 1.29 is 14.6 Å². The Labute approximate surface area is 157 Å². The summed E-state index contributed by atoms with van der Waals surface area (Å²) in [6, 6.07) is 10.5. The maximum Gasteiger partial charge on any atom is 0.271 e. The first kappa shape index (κ1) is 18.1. The molecule has 6 nitrogen and oxygen atoms in total. The molecule has 0 bridgehead atoms. The van der Waals surface area contributed by atoms with Gasteiger partial charge in [0.1, 0.15) is 0 Å². The lowest BCUT2D eigenvalue weighted by molar-refractivity contribution is 0.0955. The molecule has 0 atom stereocenters. The third-order valence-electron chi connectivity index (χ3n) is 4.26. The van der Waals surface area contributed by atoms with Gasteiger partial charge in [-0.2, -0.15) is 5.10 Å². The number of aromatic hydroxyl groups is 1. The standard InChI is InChI=1S/C19H20ClN3O3/c1-26-17-11-15(20)10-14(18(17)24)12-21-22-19(25)13-4-6-16(7-5-13)23-8-2-3-9-23/h4-7,10-12,24H,2-3,8-9H2,1H3,(H,22,25)/b21-12+. The first-order chi connectivity index (χ1) is 12.6. The maximum atomic E-state index is 12.2. The van der Waals surface area contributed by atoms with Crippen molar-refractivity contribution in [2.75, 3.05) is 25.1 Å². The van der Waals surface area contributed by atoms with Crippen LogP contribution in [0.15, 0.2) is 41.5 Å². The zero-order valence-corrected chi connectivity index (χ0v) is 15.2. The van der Waals surface area contributed by atoms with E-state index in [1.807, 2.05) is 12.1 Å². The van der Waals surface area contributed by atoms with Gasteiger partial charge in [0.25, 0.3) is 5.91 Å². The van der Waals surface area contributed by atoms with Crippen LogP contribution in [-0.2, 0) is 0 Å². The summed E-state index contributed by atoms with van der Waals surface area (Å²) in [5.74, 6) is -0.185. The molecule has 0 spiro atoms. The zero-order valence-electron chi connectivity index (χ0n) is 14.4. The van der Waals surface area contributed by atoms with Crippen LogP contribution in [0.25, 0.3) is 0 Å². The summed E-state index contributed by atoms with van der Waals surface area (Å²) >= 11 is 5.96. The number of nitrogens with one attached hydrogen (secondary N) is 1. The fourth-order valence-electron chi connectivity index (χ4n) is 2.87. The largest absolute Gasteiger partial charge is 0.504 e. The number of anilines is 1. The Bertz CT molecular complexity index is 816. The minimum atomic E-state index is -0.331. The van der Waals surface area contributed by atoms with E-state index in [9.17, 15) is 9.90 Å². The van der Waals surface area contributed by atoms with Gasteiger partial charge in [0.15, 0.2) is 11.5 Å². The topological polar surface area (TPSA) is 74.2 Å². The van der Waals surface area contributed by atoms with Crippen molar-refractivity contribution >= 4 is 29.4 Å². The van der Waals surface area contributed by atoms with E-state index in [0.717, 1.165) is 18.8 Å². The van der Waals surface area contributed by atoms with E-state index >= 15 is 0 Å². The van der Waals surface area contributed by atoms with Crippen LogP contribution in [0.3, 0.4) is 0 Å². The van der Waals surface area contributed by atoms with E-state index in [4.69, 9.17) is 16.3 Å². The molecule has 2 aromatic carbocycles. The number of phenols is 1. The lowest BCUT2D eigenvalue weighted by Crippen LogP contribution is -2.19. The number of carbonyl (C=O) groups is 1. The number of hydrogen-bond acceptors (Lipinski definition) is 5. The molecule has 1 aliphatic heterocycles. The van der Waals surface area contributed by atoms with Gasteiger partial charge in [0, 0.05) is 41.0 Å². The van der Waals surface area contributed by atoms with Crippen LogP contribution in [0.4, 0.5) is 5.69 Å². The highest BCUT2D eigenvalue weighted by Crippen LogP contribution is 2.32. The molecule has 7 heteroatoms. The molecule has 0 unspecified atom stereocenters. The minimum Gasteiger partial charge on any atom is -0.504 e. The zero-order chi connectivity index (χ0) is 18.5. The maximum absolute atomic E-state index is 12.2. The number of phenolic OH excluding ortho intramolecular Hbond substituents is 1. The molecular weight excluding hydrogens is 354 g/mol. The quantitative estimate of drug-likeness (QED) is 0.622. The van der Waals surface area contributed by atoms with Gasteiger partial charge in [-0.15, -0.1) is 0 Å². The summed E-state index contributed by atoms with van der Waals surface area (Å²) < 4.78 is 5.03.